The van der Waals surface area contributed by atoms with Gasteiger partial charge in [-0.15, -0.1) is 0 Å². The minimum atomic E-state index is -1.32. The van der Waals surface area contributed by atoms with E-state index in [0.717, 1.165) is 5.56 Å². The second kappa shape index (κ2) is 5.33. The molecule has 1 unspecified atom stereocenters. The second-order valence-corrected chi connectivity index (χ2v) is 3.07. The van der Waals surface area contributed by atoms with Crippen molar-refractivity contribution in [3.8, 4) is 0 Å². The van der Waals surface area contributed by atoms with Gasteiger partial charge < -0.3 is 20.3 Å². The highest BCUT2D eigenvalue weighted by molar-refractivity contribution is 5.68. The molecule has 82 valence electrons. The summed E-state index contributed by atoms with van der Waals surface area (Å²) < 4.78 is 4.58. The fraction of sp³-hybridized carbons (Fsp3) is 0.300. The summed E-state index contributed by atoms with van der Waals surface area (Å²) in [5, 5.41) is 20.1. The summed E-state index contributed by atoms with van der Waals surface area (Å²) >= 11 is 0. The highest BCUT2D eigenvalue weighted by Crippen LogP contribution is 2.09. The average Bonchev–Trinajstić information content (AvgIpc) is 2.19. The molecule has 0 radical (unpaired) electrons. The van der Waals surface area contributed by atoms with Crippen molar-refractivity contribution in [2.75, 3.05) is 11.9 Å². The SMILES string of the molecule is Cc1ccc(NC(O)OCC(=O)O)cc1. The maximum absolute atomic E-state index is 10.1. The number of aliphatic hydroxyl groups excluding tert-OH is 1. The van der Waals surface area contributed by atoms with Gasteiger partial charge in [0.15, 0.2) is 0 Å². The van der Waals surface area contributed by atoms with E-state index in [1.807, 2.05) is 19.1 Å². The van der Waals surface area contributed by atoms with Crippen LogP contribution in [-0.4, -0.2) is 29.2 Å². The number of aliphatic carboxylic acids is 1. The zero-order chi connectivity index (χ0) is 11.3. The molecule has 0 saturated carbocycles. The maximum atomic E-state index is 10.1. The number of carboxylic acids is 1. The Kier molecular flexibility index (Phi) is 4.08. The van der Waals surface area contributed by atoms with E-state index >= 15 is 0 Å². The Labute approximate surface area is 87.3 Å². The molecule has 0 spiro atoms. The van der Waals surface area contributed by atoms with Crippen molar-refractivity contribution in [2.45, 2.75) is 13.3 Å². The van der Waals surface area contributed by atoms with Crippen LogP contribution >= 0.6 is 0 Å². The van der Waals surface area contributed by atoms with E-state index in [-0.39, 0.29) is 0 Å². The van der Waals surface area contributed by atoms with Gasteiger partial charge in [0.05, 0.1) is 0 Å². The molecule has 1 aromatic carbocycles. The summed E-state index contributed by atoms with van der Waals surface area (Å²) in [4.78, 5) is 10.1. The zero-order valence-electron chi connectivity index (χ0n) is 8.30. The van der Waals surface area contributed by atoms with E-state index < -0.39 is 19.0 Å². The van der Waals surface area contributed by atoms with E-state index in [1.165, 1.54) is 0 Å². The van der Waals surface area contributed by atoms with Gasteiger partial charge in [-0.1, -0.05) is 17.7 Å². The summed E-state index contributed by atoms with van der Waals surface area (Å²) in [6, 6.07) is 7.27. The van der Waals surface area contributed by atoms with Gasteiger partial charge in [0.25, 0.3) is 0 Å². The number of ether oxygens (including phenoxy) is 1. The molecule has 5 heteroatoms. The van der Waals surface area contributed by atoms with Gasteiger partial charge in [0.1, 0.15) is 6.61 Å². The van der Waals surface area contributed by atoms with Crippen LogP contribution in [0.25, 0.3) is 0 Å². The van der Waals surface area contributed by atoms with Gasteiger partial charge >= 0.3 is 5.97 Å². The number of benzene rings is 1. The van der Waals surface area contributed by atoms with E-state index in [0.29, 0.717) is 5.69 Å². The molecule has 15 heavy (non-hydrogen) atoms. The molecule has 0 aliphatic heterocycles. The number of anilines is 1. The van der Waals surface area contributed by atoms with Crippen molar-refractivity contribution in [1.82, 2.24) is 0 Å². The number of aliphatic hydroxyl groups is 1. The van der Waals surface area contributed by atoms with Gasteiger partial charge in [-0.25, -0.2) is 4.79 Å². The first-order valence-corrected chi connectivity index (χ1v) is 4.42. The van der Waals surface area contributed by atoms with Crippen LogP contribution in [0.4, 0.5) is 5.69 Å². The number of hydrogen-bond acceptors (Lipinski definition) is 4. The Morgan fingerprint density at radius 1 is 1.47 bits per heavy atom. The first-order valence-electron chi connectivity index (χ1n) is 4.42. The number of rotatable bonds is 5. The lowest BCUT2D eigenvalue weighted by molar-refractivity contribution is -0.152. The standard InChI is InChI=1S/C10H13NO4/c1-7-2-4-8(5-3-7)11-10(14)15-6-9(12)13/h2-5,10-11,14H,6H2,1H3,(H,12,13). The maximum Gasteiger partial charge on any atom is 0.329 e. The lowest BCUT2D eigenvalue weighted by Gasteiger charge is -2.13. The molecule has 1 atom stereocenters. The Bertz CT molecular complexity index is 323. The van der Waals surface area contributed by atoms with Gasteiger partial charge in [-0.2, -0.15) is 0 Å². The minimum Gasteiger partial charge on any atom is -0.480 e. The topological polar surface area (TPSA) is 78.8 Å². The lowest BCUT2D eigenvalue weighted by Crippen LogP contribution is -2.25. The summed E-state index contributed by atoms with van der Waals surface area (Å²) in [6.07, 6.45) is -1.32. The molecule has 3 N–H and O–H groups in total. The number of aryl methyl sites for hydroxylation is 1. The quantitative estimate of drug-likeness (QED) is 0.627. The first kappa shape index (κ1) is 11.5. The number of carbonyl (C=O) groups is 1. The molecule has 0 heterocycles. The Morgan fingerprint density at radius 2 is 2.07 bits per heavy atom. The molecule has 0 saturated heterocycles. The molecular weight excluding hydrogens is 198 g/mol. The first-order chi connectivity index (χ1) is 7.08. The molecule has 0 amide bonds. The molecular formula is C10H13NO4. The Hall–Kier alpha value is -1.59. The van der Waals surface area contributed by atoms with Crippen molar-refractivity contribution in [3.05, 3.63) is 29.8 Å². The number of nitrogens with one attached hydrogen (secondary N) is 1. The highest BCUT2D eigenvalue weighted by Gasteiger charge is 2.05. The van der Waals surface area contributed by atoms with Gasteiger partial charge in [-0.05, 0) is 19.1 Å². The van der Waals surface area contributed by atoms with Crippen LogP contribution in [0.5, 0.6) is 0 Å². The Balaban J connectivity index is 2.40. The second-order valence-electron chi connectivity index (χ2n) is 3.07. The number of carboxylic acid groups (broad SMARTS) is 1. The van der Waals surface area contributed by atoms with E-state index in [4.69, 9.17) is 5.11 Å². The highest BCUT2D eigenvalue weighted by atomic mass is 16.6. The third-order valence-electron chi connectivity index (χ3n) is 1.71. The van der Waals surface area contributed by atoms with Crippen molar-refractivity contribution in [2.24, 2.45) is 0 Å². The predicted octanol–water partition coefficient (Wildman–Crippen LogP) is 0.784. The molecule has 5 nitrogen and oxygen atoms in total. The normalized spacial score (nSPS) is 12.1. The third kappa shape index (κ3) is 4.44. The van der Waals surface area contributed by atoms with Crippen molar-refractivity contribution in [3.63, 3.8) is 0 Å². The van der Waals surface area contributed by atoms with E-state index in [9.17, 15) is 9.90 Å². The summed E-state index contributed by atoms with van der Waals surface area (Å²) in [6.45, 7) is 1.40. The fourth-order valence-corrected chi connectivity index (χ4v) is 0.984. The van der Waals surface area contributed by atoms with Crippen LogP contribution in [0.15, 0.2) is 24.3 Å². The Morgan fingerprint density at radius 3 is 2.60 bits per heavy atom. The molecule has 0 aliphatic carbocycles. The zero-order valence-corrected chi connectivity index (χ0v) is 8.30. The monoisotopic (exact) mass is 211 g/mol. The largest absolute Gasteiger partial charge is 0.480 e. The molecule has 0 aromatic heterocycles. The average molecular weight is 211 g/mol. The van der Waals surface area contributed by atoms with Crippen molar-refractivity contribution >= 4 is 11.7 Å². The third-order valence-corrected chi connectivity index (χ3v) is 1.71. The van der Waals surface area contributed by atoms with Crippen molar-refractivity contribution in [1.29, 1.82) is 0 Å². The summed E-state index contributed by atoms with van der Waals surface area (Å²) in [5.41, 5.74) is 1.76. The summed E-state index contributed by atoms with van der Waals surface area (Å²) in [7, 11) is 0. The molecule has 1 aromatic rings. The predicted molar refractivity (Wildman–Crippen MR) is 54.4 cm³/mol. The van der Waals surface area contributed by atoms with Crippen LogP contribution in [-0.2, 0) is 9.53 Å². The number of hydrogen-bond donors (Lipinski definition) is 3. The van der Waals surface area contributed by atoms with E-state index in [2.05, 4.69) is 10.1 Å². The van der Waals surface area contributed by atoms with Crippen molar-refractivity contribution < 1.29 is 19.7 Å². The van der Waals surface area contributed by atoms with Crippen LogP contribution in [0.3, 0.4) is 0 Å². The lowest BCUT2D eigenvalue weighted by atomic mass is 10.2. The minimum absolute atomic E-state index is 0.542. The molecule has 0 fully saturated rings. The van der Waals surface area contributed by atoms with E-state index in [1.54, 1.807) is 12.1 Å². The molecule has 0 bridgehead atoms. The smallest absolute Gasteiger partial charge is 0.329 e. The van der Waals surface area contributed by atoms with Crippen LogP contribution < -0.4 is 5.32 Å². The van der Waals surface area contributed by atoms with Crippen LogP contribution in [0, 0.1) is 6.92 Å². The summed E-state index contributed by atoms with van der Waals surface area (Å²) in [5.74, 6) is -1.13. The molecule has 0 aliphatic rings. The van der Waals surface area contributed by atoms with Gasteiger partial charge in [0.2, 0.25) is 6.41 Å². The van der Waals surface area contributed by atoms with Gasteiger partial charge in [-0.3, -0.25) is 0 Å². The van der Waals surface area contributed by atoms with Crippen LogP contribution in [0.1, 0.15) is 5.56 Å². The van der Waals surface area contributed by atoms with Crippen LogP contribution in [0.2, 0.25) is 0 Å². The molecule has 1 rings (SSSR count). The fourth-order valence-electron chi connectivity index (χ4n) is 0.984. The van der Waals surface area contributed by atoms with Gasteiger partial charge in [0, 0.05) is 5.69 Å².